The second-order valence-corrected chi connectivity index (χ2v) is 7.07. The third kappa shape index (κ3) is 5.41. The van der Waals surface area contributed by atoms with Crippen molar-refractivity contribution < 1.29 is 13.5 Å². The Balaban J connectivity index is 2.85. The lowest BCUT2D eigenvalue weighted by atomic mass is 10.3. The minimum atomic E-state index is -3.46. The van der Waals surface area contributed by atoms with Gasteiger partial charge in [-0.15, -0.1) is 0 Å². The first-order valence-electron chi connectivity index (χ1n) is 7.69. The minimum Gasteiger partial charge on any atom is -0.396 e. The summed E-state index contributed by atoms with van der Waals surface area (Å²) in [5.41, 5.74) is 0. The van der Waals surface area contributed by atoms with Crippen LogP contribution in [-0.4, -0.2) is 47.3 Å². The van der Waals surface area contributed by atoms with E-state index in [0.29, 0.717) is 26.1 Å². The standard InChI is InChI=1S/C14H27N3O3S/c1-3-5-9-17(10-6-4-2)21(19,20)14-12-15-16(13-14)8-7-11-18/h12-13,18H,3-11H2,1-2H3. The lowest BCUT2D eigenvalue weighted by molar-refractivity contribution is 0.277. The number of sulfonamides is 1. The molecule has 0 saturated heterocycles. The number of aliphatic hydroxyl groups excluding tert-OH is 1. The monoisotopic (exact) mass is 317 g/mol. The summed E-state index contributed by atoms with van der Waals surface area (Å²) in [7, 11) is -3.46. The quantitative estimate of drug-likeness (QED) is 0.676. The molecule has 0 unspecified atom stereocenters. The largest absolute Gasteiger partial charge is 0.396 e. The molecule has 0 aliphatic carbocycles. The first-order chi connectivity index (χ1) is 10.1. The highest BCUT2D eigenvalue weighted by molar-refractivity contribution is 7.89. The van der Waals surface area contributed by atoms with Crippen LogP contribution < -0.4 is 0 Å². The van der Waals surface area contributed by atoms with E-state index in [9.17, 15) is 8.42 Å². The van der Waals surface area contributed by atoms with Crippen molar-refractivity contribution in [3.63, 3.8) is 0 Å². The van der Waals surface area contributed by atoms with E-state index in [4.69, 9.17) is 5.11 Å². The van der Waals surface area contributed by atoms with Crippen LogP contribution in [0, 0.1) is 0 Å². The van der Waals surface area contributed by atoms with Crippen LogP contribution in [0.2, 0.25) is 0 Å². The van der Waals surface area contributed by atoms with Gasteiger partial charge < -0.3 is 5.11 Å². The Kier molecular flexibility index (Phi) is 7.92. The van der Waals surface area contributed by atoms with Crippen molar-refractivity contribution in [1.82, 2.24) is 14.1 Å². The zero-order chi connectivity index (χ0) is 15.7. The van der Waals surface area contributed by atoms with Gasteiger partial charge in [0.2, 0.25) is 10.0 Å². The van der Waals surface area contributed by atoms with Gasteiger partial charge in [0.1, 0.15) is 4.90 Å². The van der Waals surface area contributed by atoms with Crippen LogP contribution in [0.4, 0.5) is 0 Å². The highest BCUT2D eigenvalue weighted by Crippen LogP contribution is 2.16. The third-order valence-corrected chi connectivity index (χ3v) is 5.17. The molecule has 1 rings (SSSR count). The molecule has 0 saturated carbocycles. The Labute approximate surface area is 127 Å². The molecule has 1 aromatic heterocycles. The number of aromatic nitrogens is 2. The Morgan fingerprint density at radius 1 is 1.19 bits per heavy atom. The van der Waals surface area contributed by atoms with E-state index < -0.39 is 10.0 Å². The number of hydrogen-bond acceptors (Lipinski definition) is 4. The van der Waals surface area contributed by atoms with Gasteiger partial charge in [-0.3, -0.25) is 4.68 Å². The van der Waals surface area contributed by atoms with Crippen LogP contribution in [0.1, 0.15) is 46.0 Å². The van der Waals surface area contributed by atoms with E-state index in [1.807, 2.05) is 0 Å². The predicted octanol–water partition coefficient (Wildman–Crippen LogP) is 1.86. The number of unbranched alkanes of at least 4 members (excludes halogenated alkanes) is 2. The van der Waals surface area contributed by atoms with Crippen molar-refractivity contribution >= 4 is 10.0 Å². The average Bonchev–Trinajstić information content (AvgIpc) is 2.94. The second-order valence-electron chi connectivity index (χ2n) is 5.13. The molecule has 122 valence electrons. The van der Waals surface area contributed by atoms with Crippen LogP contribution >= 0.6 is 0 Å². The fourth-order valence-electron chi connectivity index (χ4n) is 2.00. The van der Waals surface area contributed by atoms with E-state index in [2.05, 4.69) is 18.9 Å². The lowest BCUT2D eigenvalue weighted by Gasteiger charge is -2.20. The minimum absolute atomic E-state index is 0.0705. The van der Waals surface area contributed by atoms with E-state index >= 15 is 0 Å². The van der Waals surface area contributed by atoms with Crippen LogP contribution in [0.15, 0.2) is 17.3 Å². The topological polar surface area (TPSA) is 75.4 Å². The third-order valence-electron chi connectivity index (χ3n) is 3.31. The maximum absolute atomic E-state index is 12.7. The first-order valence-corrected chi connectivity index (χ1v) is 9.13. The van der Waals surface area contributed by atoms with Crippen molar-refractivity contribution in [3.8, 4) is 0 Å². The van der Waals surface area contributed by atoms with Gasteiger partial charge in [0.15, 0.2) is 0 Å². The van der Waals surface area contributed by atoms with Crippen molar-refractivity contribution in [3.05, 3.63) is 12.4 Å². The molecule has 0 amide bonds. The summed E-state index contributed by atoms with van der Waals surface area (Å²) in [6.07, 6.45) is 7.18. The molecule has 0 aliphatic heterocycles. The first kappa shape index (κ1) is 18.1. The molecule has 0 fully saturated rings. The molecule has 7 heteroatoms. The molecular weight excluding hydrogens is 290 g/mol. The average molecular weight is 317 g/mol. The zero-order valence-electron chi connectivity index (χ0n) is 13.0. The SMILES string of the molecule is CCCCN(CCCC)S(=O)(=O)c1cnn(CCCO)c1. The Hall–Kier alpha value is -0.920. The molecule has 0 aromatic carbocycles. The summed E-state index contributed by atoms with van der Waals surface area (Å²) in [4.78, 5) is 0.243. The summed E-state index contributed by atoms with van der Waals surface area (Å²) in [5, 5.41) is 12.9. The Morgan fingerprint density at radius 3 is 2.33 bits per heavy atom. The summed E-state index contributed by atoms with van der Waals surface area (Å²) in [6, 6.07) is 0. The van der Waals surface area contributed by atoms with Gasteiger partial charge in [0.05, 0.1) is 6.20 Å². The molecule has 0 atom stereocenters. The fraction of sp³-hybridized carbons (Fsp3) is 0.786. The maximum Gasteiger partial charge on any atom is 0.246 e. The van der Waals surface area contributed by atoms with Gasteiger partial charge in [-0.05, 0) is 19.3 Å². The summed E-state index contributed by atoms with van der Waals surface area (Å²) < 4.78 is 28.4. The fourth-order valence-corrected chi connectivity index (χ4v) is 3.48. The van der Waals surface area contributed by atoms with Gasteiger partial charge >= 0.3 is 0 Å². The van der Waals surface area contributed by atoms with Crippen LogP contribution in [0.5, 0.6) is 0 Å². The molecule has 0 spiro atoms. The summed E-state index contributed by atoms with van der Waals surface area (Å²) in [5.74, 6) is 0. The second kappa shape index (κ2) is 9.17. The molecule has 0 bridgehead atoms. The van der Waals surface area contributed by atoms with Gasteiger partial charge in [0, 0.05) is 32.4 Å². The highest BCUT2D eigenvalue weighted by atomic mass is 32.2. The molecule has 21 heavy (non-hydrogen) atoms. The van der Waals surface area contributed by atoms with Crippen LogP contribution in [0.25, 0.3) is 0 Å². The molecule has 1 heterocycles. The number of hydrogen-bond donors (Lipinski definition) is 1. The highest BCUT2D eigenvalue weighted by Gasteiger charge is 2.25. The number of aliphatic hydroxyl groups is 1. The summed E-state index contributed by atoms with van der Waals surface area (Å²) >= 11 is 0. The molecular formula is C14H27N3O3S. The van der Waals surface area contributed by atoms with Gasteiger partial charge in [-0.2, -0.15) is 9.40 Å². The Morgan fingerprint density at radius 2 is 1.81 bits per heavy atom. The zero-order valence-corrected chi connectivity index (χ0v) is 13.8. The van der Waals surface area contributed by atoms with E-state index in [-0.39, 0.29) is 11.5 Å². The maximum atomic E-state index is 12.7. The molecule has 0 aliphatic rings. The molecule has 6 nitrogen and oxygen atoms in total. The number of nitrogens with zero attached hydrogens (tertiary/aromatic N) is 3. The van der Waals surface area contributed by atoms with Crippen molar-refractivity contribution in [2.45, 2.75) is 57.4 Å². The van der Waals surface area contributed by atoms with Crippen molar-refractivity contribution in [1.29, 1.82) is 0 Å². The molecule has 1 aromatic rings. The van der Waals surface area contributed by atoms with Crippen LogP contribution in [-0.2, 0) is 16.6 Å². The van der Waals surface area contributed by atoms with Crippen molar-refractivity contribution in [2.75, 3.05) is 19.7 Å². The molecule has 1 N–H and O–H groups in total. The normalized spacial score (nSPS) is 12.2. The van der Waals surface area contributed by atoms with Gasteiger partial charge in [-0.25, -0.2) is 8.42 Å². The lowest BCUT2D eigenvalue weighted by Crippen LogP contribution is -2.32. The van der Waals surface area contributed by atoms with E-state index in [1.54, 1.807) is 15.2 Å². The predicted molar refractivity (Wildman–Crippen MR) is 82.5 cm³/mol. The number of rotatable bonds is 11. The van der Waals surface area contributed by atoms with Crippen molar-refractivity contribution in [2.24, 2.45) is 0 Å². The van der Waals surface area contributed by atoms with Crippen LogP contribution in [0.3, 0.4) is 0 Å². The smallest absolute Gasteiger partial charge is 0.246 e. The van der Waals surface area contributed by atoms with Gasteiger partial charge in [0.25, 0.3) is 0 Å². The molecule has 0 radical (unpaired) electrons. The summed E-state index contributed by atoms with van der Waals surface area (Å²) in [6.45, 7) is 5.81. The Bertz CT molecular complexity index is 491. The van der Waals surface area contributed by atoms with E-state index in [0.717, 1.165) is 25.7 Å². The number of aryl methyl sites for hydroxylation is 1. The van der Waals surface area contributed by atoms with Gasteiger partial charge in [-0.1, -0.05) is 26.7 Å². The van der Waals surface area contributed by atoms with E-state index in [1.165, 1.54) is 6.20 Å².